The number of carbonyl (C=O) groups excluding carboxylic acids is 1. The van der Waals surface area contributed by atoms with Gasteiger partial charge in [-0.05, 0) is 80.7 Å². The average Bonchev–Trinajstić information content (AvgIpc) is 3.24. The maximum Gasteiger partial charge on any atom is 0.269 e. The first-order chi connectivity index (χ1) is 15.7. The van der Waals surface area contributed by atoms with Gasteiger partial charge in [-0.3, -0.25) is 4.79 Å². The third-order valence-electron chi connectivity index (χ3n) is 6.47. The smallest absolute Gasteiger partial charge is 0.269 e. The highest BCUT2D eigenvalue weighted by Crippen LogP contribution is 2.33. The molecule has 0 radical (unpaired) electrons. The van der Waals surface area contributed by atoms with E-state index in [1.54, 1.807) is 12.1 Å². The van der Waals surface area contributed by atoms with Crippen molar-refractivity contribution in [3.05, 3.63) is 77.9 Å². The average molecular weight is 431 g/mol. The van der Waals surface area contributed by atoms with Crippen molar-refractivity contribution >= 4 is 27.7 Å². The van der Waals surface area contributed by atoms with Gasteiger partial charge in [-0.1, -0.05) is 24.3 Å². The Morgan fingerprint density at radius 3 is 2.84 bits per heavy atom. The van der Waals surface area contributed by atoms with Crippen LogP contribution in [-0.2, 0) is 0 Å². The zero-order chi connectivity index (χ0) is 21.9. The van der Waals surface area contributed by atoms with E-state index in [4.69, 9.17) is 0 Å². The number of nitrogens with one attached hydrogen (secondary N) is 2. The minimum absolute atomic E-state index is 0.120. The number of hydrogen-bond acceptors (Lipinski definition) is 3. The highest BCUT2D eigenvalue weighted by molar-refractivity contribution is 5.94. The molecule has 3 heterocycles. The first-order valence-electron chi connectivity index (χ1n) is 11.3. The van der Waals surface area contributed by atoms with E-state index in [1.807, 2.05) is 42.6 Å². The summed E-state index contributed by atoms with van der Waals surface area (Å²) in [4.78, 5) is 22.6. The molecule has 0 atom stereocenters. The van der Waals surface area contributed by atoms with Crippen LogP contribution >= 0.6 is 0 Å². The molecule has 0 saturated carbocycles. The fourth-order valence-electron chi connectivity index (χ4n) is 4.71. The Morgan fingerprint density at radius 2 is 1.97 bits per heavy atom. The molecule has 0 unspecified atom stereocenters. The zero-order valence-corrected chi connectivity index (χ0v) is 18.0. The van der Waals surface area contributed by atoms with Crippen LogP contribution in [0.4, 0.5) is 4.39 Å². The number of hydrogen-bond donors (Lipinski definition) is 2. The Balaban J connectivity index is 1.08. The second-order valence-electron chi connectivity index (χ2n) is 8.55. The Labute approximate surface area is 186 Å². The van der Waals surface area contributed by atoms with Gasteiger partial charge >= 0.3 is 0 Å². The van der Waals surface area contributed by atoms with Crippen molar-refractivity contribution in [1.82, 2.24) is 20.2 Å². The van der Waals surface area contributed by atoms with E-state index in [2.05, 4.69) is 20.2 Å². The topological polar surface area (TPSA) is 61.0 Å². The minimum atomic E-state index is -0.204. The van der Waals surface area contributed by atoms with Gasteiger partial charge in [0.25, 0.3) is 5.91 Å². The lowest BCUT2D eigenvalue weighted by atomic mass is 9.89. The monoisotopic (exact) mass is 430 g/mol. The number of aromatic amines is 1. The van der Waals surface area contributed by atoms with Crippen molar-refractivity contribution in [2.75, 3.05) is 26.2 Å². The van der Waals surface area contributed by atoms with Crippen LogP contribution in [0.2, 0.25) is 0 Å². The number of H-pyrrole nitrogens is 1. The molecule has 1 aliphatic rings. The number of amides is 1. The summed E-state index contributed by atoms with van der Waals surface area (Å²) < 4.78 is 13.4. The number of pyridine rings is 1. The van der Waals surface area contributed by atoms with Gasteiger partial charge in [0, 0.05) is 29.0 Å². The molecule has 4 aromatic rings. The van der Waals surface area contributed by atoms with E-state index in [1.165, 1.54) is 11.6 Å². The number of likely N-dealkylation sites (tertiary alicyclic amines) is 1. The molecule has 1 fully saturated rings. The number of piperidine rings is 1. The first kappa shape index (κ1) is 20.6. The molecule has 164 valence electrons. The van der Waals surface area contributed by atoms with Crippen molar-refractivity contribution in [3.8, 4) is 0 Å². The van der Waals surface area contributed by atoms with E-state index in [9.17, 15) is 9.18 Å². The Hall–Kier alpha value is -3.25. The van der Waals surface area contributed by atoms with Crippen molar-refractivity contribution in [2.45, 2.75) is 25.2 Å². The van der Waals surface area contributed by atoms with Crippen LogP contribution < -0.4 is 5.32 Å². The summed E-state index contributed by atoms with van der Waals surface area (Å²) in [5, 5.41) is 5.16. The van der Waals surface area contributed by atoms with E-state index in [0.717, 1.165) is 60.7 Å². The molecular weight excluding hydrogens is 403 g/mol. The van der Waals surface area contributed by atoms with Gasteiger partial charge in [-0.25, -0.2) is 9.37 Å². The number of halogens is 1. The predicted octanol–water partition coefficient (Wildman–Crippen LogP) is 4.85. The molecule has 0 bridgehead atoms. The summed E-state index contributed by atoms with van der Waals surface area (Å²) in [6.45, 7) is 3.69. The van der Waals surface area contributed by atoms with Crippen molar-refractivity contribution in [2.24, 2.45) is 0 Å². The molecule has 2 aromatic carbocycles. The van der Waals surface area contributed by atoms with Crippen molar-refractivity contribution < 1.29 is 9.18 Å². The minimum Gasteiger partial charge on any atom is -0.361 e. The van der Waals surface area contributed by atoms with Crippen LogP contribution in [-0.4, -0.2) is 47.0 Å². The Bertz CT molecular complexity index is 1240. The van der Waals surface area contributed by atoms with Crippen molar-refractivity contribution in [3.63, 3.8) is 0 Å². The molecule has 0 spiro atoms. The molecule has 5 nitrogen and oxygen atoms in total. The van der Waals surface area contributed by atoms with Gasteiger partial charge in [0.2, 0.25) is 0 Å². The summed E-state index contributed by atoms with van der Waals surface area (Å²) in [6.07, 6.45) is 5.15. The highest BCUT2D eigenvalue weighted by Gasteiger charge is 2.22. The molecule has 5 rings (SSSR count). The van der Waals surface area contributed by atoms with E-state index >= 15 is 0 Å². The van der Waals surface area contributed by atoms with E-state index < -0.39 is 0 Å². The SMILES string of the molecule is O=C(NCCCN1CCC(c2c[nH]c3cc(F)ccc23)CC1)c1ccc2ccccc2n1. The van der Waals surface area contributed by atoms with Crippen molar-refractivity contribution in [1.29, 1.82) is 0 Å². The number of rotatable bonds is 6. The molecular formula is C26H27FN4O. The number of para-hydroxylation sites is 1. The van der Waals surface area contributed by atoms with Gasteiger partial charge in [-0.2, -0.15) is 0 Å². The van der Waals surface area contributed by atoms with Crippen LogP contribution in [0.3, 0.4) is 0 Å². The van der Waals surface area contributed by atoms with Crippen LogP contribution in [0.5, 0.6) is 0 Å². The van der Waals surface area contributed by atoms with Gasteiger partial charge in [0.05, 0.1) is 5.52 Å². The third-order valence-corrected chi connectivity index (χ3v) is 6.47. The lowest BCUT2D eigenvalue weighted by Crippen LogP contribution is -2.35. The Kier molecular flexibility index (Phi) is 5.86. The molecule has 0 aliphatic carbocycles. The zero-order valence-electron chi connectivity index (χ0n) is 18.0. The second kappa shape index (κ2) is 9.09. The number of benzene rings is 2. The molecule has 6 heteroatoms. The molecule has 1 saturated heterocycles. The summed E-state index contributed by atoms with van der Waals surface area (Å²) in [7, 11) is 0. The fourth-order valence-corrected chi connectivity index (χ4v) is 4.71. The van der Waals surface area contributed by atoms with Crippen LogP contribution in [0.15, 0.2) is 60.8 Å². The quantitative estimate of drug-likeness (QED) is 0.430. The highest BCUT2D eigenvalue weighted by atomic mass is 19.1. The molecule has 32 heavy (non-hydrogen) atoms. The summed E-state index contributed by atoms with van der Waals surface area (Å²) in [5.41, 5.74) is 3.47. The maximum atomic E-state index is 13.4. The molecule has 1 aliphatic heterocycles. The molecule has 1 amide bonds. The van der Waals surface area contributed by atoms with E-state index in [-0.39, 0.29) is 11.7 Å². The lowest BCUT2D eigenvalue weighted by molar-refractivity contribution is 0.0946. The standard InChI is InChI=1S/C26H27FN4O/c27-20-7-8-21-22(17-29-25(21)16-20)18-10-14-31(15-11-18)13-3-12-28-26(32)24-9-6-19-4-1-2-5-23(19)30-24/h1-2,4-9,16-18,29H,3,10-15H2,(H,28,32). The van der Waals surface area contributed by atoms with Gasteiger partial charge in [0.1, 0.15) is 11.5 Å². The van der Waals surface area contributed by atoms with Crippen LogP contribution in [0.1, 0.15) is 41.2 Å². The summed E-state index contributed by atoms with van der Waals surface area (Å²) >= 11 is 0. The maximum absolute atomic E-state index is 13.4. The second-order valence-corrected chi connectivity index (χ2v) is 8.55. The third kappa shape index (κ3) is 4.36. The lowest BCUT2D eigenvalue weighted by Gasteiger charge is -2.32. The van der Waals surface area contributed by atoms with Gasteiger partial charge in [0.15, 0.2) is 0 Å². The summed E-state index contributed by atoms with van der Waals surface area (Å²) in [5.74, 6) is 0.179. The van der Waals surface area contributed by atoms with E-state index in [0.29, 0.717) is 18.2 Å². The molecule has 2 N–H and O–H groups in total. The number of nitrogens with zero attached hydrogens (tertiary/aromatic N) is 2. The number of carbonyl (C=O) groups is 1. The molecule has 2 aromatic heterocycles. The van der Waals surface area contributed by atoms with Crippen LogP contribution in [0, 0.1) is 5.82 Å². The van der Waals surface area contributed by atoms with Crippen LogP contribution in [0.25, 0.3) is 21.8 Å². The first-order valence-corrected chi connectivity index (χ1v) is 11.3. The largest absolute Gasteiger partial charge is 0.361 e. The fraction of sp³-hybridized carbons (Fsp3) is 0.308. The van der Waals surface area contributed by atoms with Gasteiger partial charge in [-0.15, -0.1) is 0 Å². The normalized spacial score (nSPS) is 15.4. The number of fused-ring (bicyclic) bond motifs is 2. The van der Waals surface area contributed by atoms with Gasteiger partial charge < -0.3 is 15.2 Å². The predicted molar refractivity (Wildman–Crippen MR) is 125 cm³/mol. The number of aromatic nitrogens is 2. The summed E-state index contributed by atoms with van der Waals surface area (Å²) in [6, 6.07) is 16.5. The Morgan fingerprint density at radius 1 is 1.12 bits per heavy atom.